The van der Waals surface area contributed by atoms with E-state index in [1.165, 1.54) is 4.31 Å². The van der Waals surface area contributed by atoms with Crippen LogP contribution >= 0.6 is 0 Å². The van der Waals surface area contributed by atoms with Gasteiger partial charge in [-0.3, -0.25) is 0 Å². The van der Waals surface area contributed by atoms with Crippen LogP contribution < -0.4 is 0 Å². The summed E-state index contributed by atoms with van der Waals surface area (Å²) in [5.74, 6) is 0.454. The first kappa shape index (κ1) is 15.9. The summed E-state index contributed by atoms with van der Waals surface area (Å²) in [5, 5.41) is 9.12. The zero-order chi connectivity index (χ0) is 12.8. The number of sulfonamides is 1. The second-order valence-corrected chi connectivity index (χ2v) is 6.54. The average Bonchev–Trinajstić information content (AvgIpc) is 2.22. The largest absolute Gasteiger partial charge is 0.393 e. The standard InChI is InChI=1S/C11H25NO3S/c1-5-11(6-2)9-16(14,15)12(4)8-7-10(3)13/h10-11,13H,5-9H2,1-4H3. The van der Waals surface area contributed by atoms with E-state index in [-0.39, 0.29) is 11.7 Å². The van der Waals surface area contributed by atoms with Gasteiger partial charge in [-0.2, -0.15) is 0 Å². The predicted molar refractivity (Wildman–Crippen MR) is 66.8 cm³/mol. The molecular formula is C11H25NO3S. The van der Waals surface area contributed by atoms with Crippen molar-refractivity contribution in [3.63, 3.8) is 0 Å². The highest BCUT2D eigenvalue weighted by molar-refractivity contribution is 7.89. The second kappa shape index (κ2) is 7.25. The Balaban J connectivity index is 4.30. The van der Waals surface area contributed by atoms with Crippen LogP contribution in [-0.4, -0.2) is 43.3 Å². The summed E-state index contributed by atoms with van der Waals surface area (Å²) < 4.78 is 25.2. The van der Waals surface area contributed by atoms with E-state index in [1.54, 1.807) is 14.0 Å². The number of aliphatic hydroxyl groups is 1. The van der Waals surface area contributed by atoms with Gasteiger partial charge in [0.15, 0.2) is 0 Å². The number of hydrogen-bond donors (Lipinski definition) is 1. The van der Waals surface area contributed by atoms with Crippen LogP contribution in [0, 0.1) is 5.92 Å². The zero-order valence-electron chi connectivity index (χ0n) is 10.8. The molecule has 0 spiro atoms. The highest BCUT2D eigenvalue weighted by atomic mass is 32.2. The van der Waals surface area contributed by atoms with E-state index in [0.717, 1.165) is 12.8 Å². The maximum atomic E-state index is 11.9. The van der Waals surface area contributed by atoms with E-state index < -0.39 is 16.1 Å². The molecule has 98 valence electrons. The van der Waals surface area contributed by atoms with Crippen molar-refractivity contribution in [3.05, 3.63) is 0 Å². The Morgan fingerprint density at radius 1 is 1.25 bits per heavy atom. The fourth-order valence-electron chi connectivity index (χ4n) is 1.46. The van der Waals surface area contributed by atoms with Crippen molar-refractivity contribution in [2.24, 2.45) is 5.92 Å². The topological polar surface area (TPSA) is 57.6 Å². The van der Waals surface area contributed by atoms with Gasteiger partial charge < -0.3 is 5.11 Å². The number of aliphatic hydroxyl groups excluding tert-OH is 1. The lowest BCUT2D eigenvalue weighted by atomic mass is 10.1. The van der Waals surface area contributed by atoms with Gasteiger partial charge in [0.25, 0.3) is 0 Å². The van der Waals surface area contributed by atoms with E-state index in [2.05, 4.69) is 0 Å². The number of hydrogen-bond acceptors (Lipinski definition) is 3. The maximum absolute atomic E-state index is 11.9. The van der Waals surface area contributed by atoms with Gasteiger partial charge in [0.1, 0.15) is 0 Å². The van der Waals surface area contributed by atoms with Gasteiger partial charge in [-0.25, -0.2) is 12.7 Å². The Hall–Kier alpha value is -0.130. The maximum Gasteiger partial charge on any atom is 0.214 e. The SMILES string of the molecule is CCC(CC)CS(=O)(=O)N(C)CCC(C)O. The summed E-state index contributed by atoms with van der Waals surface area (Å²) >= 11 is 0. The van der Waals surface area contributed by atoms with E-state index in [0.29, 0.717) is 13.0 Å². The van der Waals surface area contributed by atoms with Crippen LogP contribution in [0.2, 0.25) is 0 Å². The first-order chi connectivity index (χ1) is 7.33. The molecule has 0 aliphatic rings. The van der Waals surface area contributed by atoms with Crippen molar-refractivity contribution < 1.29 is 13.5 Å². The molecular weight excluding hydrogens is 226 g/mol. The molecule has 1 atom stereocenters. The Kier molecular flexibility index (Phi) is 7.19. The second-order valence-electron chi connectivity index (χ2n) is 4.42. The summed E-state index contributed by atoms with van der Waals surface area (Å²) in [6.45, 7) is 6.08. The Morgan fingerprint density at radius 2 is 1.75 bits per heavy atom. The molecule has 0 rings (SSSR count). The molecule has 0 aromatic rings. The van der Waals surface area contributed by atoms with Gasteiger partial charge >= 0.3 is 0 Å². The normalized spacial score (nSPS) is 14.7. The molecule has 0 saturated heterocycles. The fourth-order valence-corrected chi connectivity index (χ4v) is 3.16. The molecule has 0 radical (unpaired) electrons. The van der Waals surface area contributed by atoms with Crippen molar-refractivity contribution in [3.8, 4) is 0 Å². The van der Waals surface area contributed by atoms with Crippen LogP contribution in [0.1, 0.15) is 40.0 Å². The summed E-state index contributed by atoms with van der Waals surface area (Å²) in [5.41, 5.74) is 0. The molecule has 0 aromatic heterocycles. The first-order valence-corrected chi connectivity index (χ1v) is 7.56. The van der Waals surface area contributed by atoms with E-state index in [9.17, 15) is 8.42 Å². The van der Waals surface area contributed by atoms with Crippen LogP contribution in [0.25, 0.3) is 0 Å². The summed E-state index contributed by atoms with van der Waals surface area (Å²) in [4.78, 5) is 0. The first-order valence-electron chi connectivity index (χ1n) is 5.95. The van der Waals surface area contributed by atoms with Gasteiger partial charge in [0, 0.05) is 13.6 Å². The van der Waals surface area contributed by atoms with Crippen molar-refractivity contribution in [2.75, 3.05) is 19.3 Å². The minimum Gasteiger partial charge on any atom is -0.393 e. The van der Waals surface area contributed by atoms with Crippen molar-refractivity contribution in [1.29, 1.82) is 0 Å². The summed E-state index contributed by atoms with van der Waals surface area (Å²) in [7, 11) is -1.57. The third-order valence-corrected chi connectivity index (χ3v) is 4.96. The third kappa shape index (κ3) is 5.82. The lowest BCUT2D eigenvalue weighted by Gasteiger charge is -2.21. The zero-order valence-corrected chi connectivity index (χ0v) is 11.6. The molecule has 1 unspecified atom stereocenters. The van der Waals surface area contributed by atoms with Crippen molar-refractivity contribution >= 4 is 10.0 Å². The summed E-state index contributed by atoms with van der Waals surface area (Å²) in [6, 6.07) is 0. The predicted octanol–water partition coefficient (Wildman–Crippen LogP) is 1.46. The Morgan fingerprint density at radius 3 is 2.12 bits per heavy atom. The molecule has 0 aliphatic heterocycles. The molecule has 0 amide bonds. The molecule has 4 nitrogen and oxygen atoms in total. The van der Waals surface area contributed by atoms with Crippen LogP contribution in [0.3, 0.4) is 0 Å². The molecule has 0 aliphatic carbocycles. The lowest BCUT2D eigenvalue weighted by Crippen LogP contribution is -2.33. The molecule has 5 heteroatoms. The molecule has 1 N–H and O–H groups in total. The van der Waals surface area contributed by atoms with Gasteiger partial charge in [-0.05, 0) is 19.3 Å². The van der Waals surface area contributed by atoms with E-state index in [1.807, 2.05) is 13.8 Å². The Labute approximate surface area is 99.7 Å². The fraction of sp³-hybridized carbons (Fsp3) is 1.00. The Bertz CT molecular complexity index is 271. The molecule has 16 heavy (non-hydrogen) atoms. The molecule has 0 heterocycles. The van der Waals surface area contributed by atoms with E-state index in [4.69, 9.17) is 5.11 Å². The molecule has 0 fully saturated rings. The van der Waals surface area contributed by atoms with Crippen molar-refractivity contribution in [2.45, 2.75) is 46.1 Å². The van der Waals surface area contributed by atoms with Gasteiger partial charge in [0.2, 0.25) is 10.0 Å². The van der Waals surface area contributed by atoms with Gasteiger partial charge in [-0.15, -0.1) is 0 Å². The highest BCUT2D eigenvalue weighted by Gasteiger charge is 2.21. The van der Waals surface area contributed by atoms with E-state index >= 15 is 0 Å². The highest BCUT2D eigenvalue weighted by Crippen LogP contribution is 2.13. The van der Waals surface area contributed by atoms with Gasteiger partial charge in [-0.1, -0.05) is 26.7 Å². The average molecular weight is 251 g/mol. The smallest absolute Gasteiger partial charge is 0.214 e. The van der Waals surface area contributed by atoms with Crippen LogP contribution in [0.4, 0.5) is 0 Å². The molecule has 0 bridgehead atoms. The minimum atomic E-state index is -3.16. The van der Waals surface area contributed by atoms with Crippen LogP contribution in [-0.2, 0) is 10.0 Å². The van der Waals surface area contributed by atoms with Crippen LogP contribution in [0.5, 0.6) is 0 Å². The lowest BCUT2D eigenvalue weighted by molar-refractivity contribution is 0.177. The van der Waals surface area contributed by atoms with Crippen molar-refractivity contribution in [1.82, 2.24) is 4.31 Å². The van der Waals surface area contributed by atoms with Crippen LogP contribution in [0.15, 0.2) is 0 Å². The summed E-state index contributed by atoms with van der Waals surface area (Å²) in [6.07, 6.45) is 1.81. The number of rotatable bonds is 8. The minimum absolute atomic E-state index is 0.219. The monoisotopic (exact) mass is 251 g/mol. The molecule has 0 saturated carbocycles. The third-order valence-electron chi connectivity index (χ3n) is 2.94. The number of nitrogens with zero attached hydrogens (tertiary/aromatic N) is 1. The van der Waals surface area contributed by atoms with Gasteiger partial charge in [0.05, 0.1) is 11.9 Å². The quantitative estimate of drug-likeness (QED) is 0.710. The molecule has 0 aromatic carbocycles.